The number of carbonyl (C=O) groups is 1. The van der Waals surface area contributed by atoms with Crippen LogP contribution < -0.4 is 4.74 Å². The summed E-state index contributed by atoms with van der Waals surface area (Å²) in [5.41, 5.74) is 3.41. The standard InChI is InChI=1S/C17H18O2/c1-13-5-3-4-6-17(13)15(12-18)11-14-7-9-16(19-2)10-8-14/h3-10,12,15H,11H2,1-2H3. The molecule has 98 valence electrons. The van der Waals surface area contributed by atoms with Crippen LogP contribution in [0.15, 0.2) is 48.5 Å². The minimum atomic E-state index is -0.0883. The van der Waals surface area contributed by atoms with Crippen LogP contribution in [0.25, 0.3) is 0 Å². The lowest BCUT2D eigenvalue weighted by Gasteiger charge is -2.13. The Balaban J connectivity index is 2.19. The quantitative estimate of drug-likeness (QED) is 0.763. The van der Waals surface area contributed by atoms with Crippen molar-refractivity contribution in [1.82, 2.24) is 0 Å². The Morgan fingerprint density at radius 3 is 2.37 bits per heavy atom. The number of benzene rings is 2. The summed E-state index contributed by atoms with van der Waals surface area (Å²) in [5.74, 6) is 0.747. The van der Waals surface area contributed by atoms with Gasteiger partial charge in [-0.1, -0.05) is 36.4 Å². The molecule has 0 heterocycles. The number of aryl methyl sites for hydroxylation is 1. The predicted molar refractivity (Wildman–Crippen MR) is 76.7 cm³/mol. The number of methoxy groups -OCH3 is 1. The molecule has 2 heteroatoms. The molecule has 0 bridgehead atoms. The highest BCUT2D eigenvalue weighted by Gasteiger charge is 2.13. The van der Waals surface area contributed by atoms with Crippen LogP contribution in [0.3, 0.4) is 0 Å². The van der Waals surface area contributed by atoms with Gasteiger partial charge in [-0.25, -0.2) is 0 Å². The predicted octanol–water partition coefficient (Wildman–Crippen LogP) is 3.53. The molecule has 0 aliphatic carbocycles. The maximum Gasteiger partial charge on any atom is 0.127 e. The van der Waals surface area contributed by atoms with E-state index in [-0.39, 0.29) is 5.92 Å². The summed E-state index contributed by atoms with van der Waals surface area (Å²) >= 11 is 0. The average molecular weight is 254 g/mol. The summed E-state index contributed by atoms with van der Waals surface area (Å²) < 4.78 is 5.13. The second-order valence-corrected chi connectivity index (χ2v) is 4.65. The van der Waals surface area contributed by atoms with Crippen LogP contribution in [0.2, 0.25) is 0 Å². The number of rotatable bonds is 5. The molecule has 1 unspecified atom stereocenters. The molecule has 0 saturated carbocycles. The lowest BCUT2D eigenvalue weighted by molar-refractivity contribution is -0.109. The Morgan fingerprint density at radius 1 is 1.11 bits per heavy atom. The highest BCUT2D eigenvalue weighted by Crippen LogP contribution is 2.23. The van der Waals surface area contributed by atoms with E-state index in [1.54, 1.807) is 7.11 Å². The fourth-order valence-corrected chi connectivity index (χ4v) is 2.25. The Bertz CT molecular complexity index is 543. The van der Waals surface area contributed by atoms with E-state index in [2.05, 4.69) is 0 Å². The first-order valence-electron chi connectivity index (χ1n) is 6.38. The number of hydrogen-bond donors (Lipinski definition) is 0. The molecule has 1 atom stereocenters. The van der Waals surface area contributed by atoms with Gasteiger partial charge >= 0.3 is 0 Å². The van der Waals surface area contributed by atoms with Crippen molar-refractivity contribution in [2.24, 2.45) is 0 Å². The van der Waals surface area contributed by atoms with Gasteiger partial charge in [0.15, 0.2) is 0 Å². The molecule has 0 N–H and O–H groups in total. The first-order chi connectivity index (χ1) is 9.24. The molecule has 0 radical (unpaired) electrons. The van der Waals surface area contributed by atoms with E-state index in [1.165, 1.54) is 0 Å². The van der Waals surface area contributed by atoms with Crippen LogP contribution in [0.1, 0.15) is 22.6 Å². The van der Waals surface area contributed by atoms with Crippen LogP contribution >= 0.6 is 0 Å². The monoisotopic (exact) mass is 254 g/mol. The van der Waals surface area contributed by atoms with Gasteiger partial charge < -0.3 is 9.53 Å². The number of aldehydes is 1. The normalized spacial score (nSPS) is 11.9. The molecular formula is C17H18O2. The Hall–Kier alpha value is -2.09. The first-order valence-corrected chi connectivity index (χ1v) is 6.38. The highest BCUT2D eigenvalue weighted by molar-refractivity contribution is 5.64. The Kier molecular flexibility index (Phi) is 4.35. The van der Waals surface area contributed by atoms with E-state index in [0.29, 0.717) is 0 Å². The van der Waals surface area contributed by atoms with Gasteiger partial charge in [-0.3, -0.25) is 0 Å². The largest absolute Gasteiger partial charge is 0.497 e. The van der Waals surface area contributed by atoms with Crippen molar-refractivity contribution < 1.29 is 9.53 Å². The molecule has 0 amide bonds. The van der Waals surface area contributed by atoms with Gasteiger partial charge in [-0.05, 0) is 42.2 Å². The van der Waals surface area contributed by atoms with Crippen molar-refractivity contribution in [2.75, 3.05) is 7.11 Å². The molecule has 2 aromatic carbocycles. The van der Waals surface area contributed by atoms with Crippen molar-refractivity contribution in [3.63, 3.8) is 0 Å². The lowest BCUT2D eigenvalue weighted by atomic mass is 9.90. The Labute approximate surface area is 114 Å². The third-order valence-corrected chi connectivity index (χ3v) is 3.37. The summed E-state index contributed by atoms with van der Waals surface area (Å²) in [6, 6.07) is 15.9. The fraction of sp³-hybridized carbons (Fsp3) is 0.235. The van der Waals surface area contributed by atoms with Gasteiger partial charge in [-0.2, -0.15) is 0 Å². The zero-order valence-corrected chi connectivity index (χ0v) is 11.3. The average Bonchev–Trinajstić information content (AvgIpc) is 2.46. The fourth-order valence-electron chi connectivity index (χ4n) is 2.25. The summed E-state index contributed by atoms with van der Waals surface area (Å²) in [6.45, 7) is 2.04. The lowest BCUT2D eigenvalue weighted by Crippen LogP contribution is -2.06. The van der Waals surface area contributed by atoms with Crippen LogP contribution in [-0.4, -0.2) is 13.4 Å². The van der Waals surface area contributed by atoms with E-state index in [9.17, 15) is 4.79 Å². The molecule has 0 spiro atoms. The third kappa shape index (κ3) is 3.22. The summed E-state index contributed by atoms with van der Waals surface area (Å²) in [5, 5.41) is 0. The molecule has 0 aliphatic rings. The zero-order chi connectivity index (χ0) is 13.7. The molecule has 2 nitrogen and oxygen atoms in total. The van der Waals surface area contributed by atoms with E-state index in [1.807, 2.05) is 55.5 Å². The second-order valence-electron chi connectivity index (χ2n) is 4.65. The Morgan fingerprint density at radius 2 is 1.79 bits per heavy atom. The molecule has 0 aromatic heterocycles. The van der Waals surface area contributed by atoms with Crippen LogP contribution in [0.5, 0.6) is 5.75 Å². The van der Waals surface area contributed by atoms with Gasteiger partial charge in [0, 0.05) is 5.92 Å². The minimum Gasteiger partial charge on any atom is -0.497 e. The number of hydrogen-bond acceptors (Lipinski definition) is 2. The molecule has 2 rings (SSSR count). The van der Waals surface area contributed by atoms with Crippen molar-refractivity contribution in [2.45, 2.75) is 19.3 Å². The SMILES string of the molecule is COc1ccc(CC(C=O)c2ccccc2C)cc1. The van der Waals surface area contributed by atoms with Gasteiger partial charge in [0.05, 0.1) is 7.11 Å². The smallest absolute Gasteiger partial charge is 0.127 e. The first kappa shape index (κ1) is 13.3. The summed E-state index contributed by atoms with van der Waals surface area (Å²) in [4.78, 5) is 11.4. The van der Waals surface area contributed by atoms with E-state index >= 15 is 0 Å². The van der Waals surface area contributed by atoms with Crippen LogP contribution in [0.4, 0.5) is 0 Å². The third-order valence-electron chi connectivity index (χ3n) is 3.37. The number of ether oxygens (including phenoxy) is 1. The summed E-state index contributed by atoms with van der Waals surface area (Å²) in [6.07, 6.45) is 1.75. The molecule has 0 fully saturated rings. The maximum atomic E-state index is 11.4. The van der Waals surface area contributed by atoms with Crippen molar-refractivity contribution in [1.29, 1.82) is 0 Å². The minimum absolute atomic E-state index is 0.0883. The number of carbonyl (C=O) groups excluding carboxylic acids is 1. The van der Waals surface area contributed by atoms with Crippen molar-refractivity contribution in [3.05, 3.63) is 65.2 Å². The van der Waals surface area contributed by atoms with Crippen LogP contribution in [-0.2, 0) is 11.2 Å². The van der Waals surface area contributed by atoms with Crippen molar-refractivity contribution >= 4 is 6.29 Å². The zero-order valence-electron chi connectivity index (χ0n) is 11.3. The molecular weight excluding hydrogens is 236 g/mol. The van der Waals surface area contributed by atoms with Crippen molar-refractivity contribution in [3.8, 4) is 5.75 Å². The molecule has 0 saturated heterocycles. The van der Waals surface area contributed by atoms with Gasteiger partial charge in [0.2, 0.25) is 0 Å². The summed E-state index contributed by atoms with van der Waals surface area (Å²) in [7, 11) is 1.65. The van der Waals surface area contributed by atoms with Gasteiger partial charge in [-0.15, -0.1) is 0 Å². The van der Waals surface area contributed by atoms with E-state index in [0.717, 1.165) is 35.1 Å². The highest BCUT2D eigenvalue weighted by atomic mass is 16.5. The van der Waals surface area contributed by atoms with E-state index in [4.69, 9.17) is 4.74 Å². The molecule has 19 heavy (non-hydrogen) atoms. The van der Waals surface area contributed by atoms with Gasteiger partial charge in [0.1, 0.15) is 12.0 Å². The molecule has 0 aliphatic heterocycles. The molecule has 2 aromatic rings. The second kappa shape index (κ2) is 6.19. The topological polar surface area (TPSA) is 26.3 Å². The van der Waals surface area contributed by atoms with Crippen LogP contribution in [0, 0.1) is 6.92 Å². The maximum absolute atomic E-state index is 11.4. The van der Waals surface area contributed by atoms with E-state index < -0.39 is 0 Å². The van der Waals surface area contributed by atoms with Gasteiger partial charge in [0.25, 0.3) is 0 Å².